The quantitative estimate of drug-likeness (QED) is 0.0962. The van der Waals surface area contributed by atoms with Crippen LogP contribution in [0.1, 0.15) is 64.8 Å². The SMILES string of the molecule is COC[C@@H]1CCCN1C[C@H]1O[C@@H](c2cccc(-c3cccc(CNC(=O)c4c(F)c(F)c(F)c(F)c4F)c3)c2)O[C@@H](c2ccc(CO)cc2)[C@H]1C. The van der Waals surface area contributed by atoms with E-state index in [1.165, 1.54) is 0 Å². The normalized spacial score (nSPS) is 22.3. The van der Waals surface area contributed by atoms with Gasteiger partial charge in [-0.15, -0.1) is 0 Å². The summed E-state index contributed by atoms with van der Waals surface area (Å²) in [6.07, 6.45) is 0.975. The van der Waals surface area contributed by atoms with E-state index in [4.69, 9.17) is 14.2 Å². The summed E-state index contributed by atoms with van der Waals surface area (Å²) in [5.41, 5.74) is 3.08. The minimum atomic E-state index is -2.33. The third kappa shape index (κ3) is 7.85. The number of amides is 1. The Balaban J connectivity index is 1.23. The second-order valence-electron chi connectivity index (χ2n) is 13.0. The second-order valence-corrected chi connectivity index (χ2v) is 13.0. The van der Waals surface area contributed by atoms with Gasteiger partial charge in [0.2, 0.25) is 5.82 Å². The largest absolute Gasteiger partial charge is 0.392 e. The number of aliphatic hydroxyl groups excluding tert-OH is 1. The summed E-state index contributed by atoms with van der Waals surface area (Å²) in [6, 6.07) is 22.7. The predicted octanol–water partition coefficient (Wildman–Crippen LogP) is 7.37. The third-order valence-corrected chi connectivity index (χ3v) is 9.71. The van der Waals surface area contributed by atoms with Crippen LogP contribution in [0.3, 0.4) is 0 Å². The number of nitrogens with one attached hydrogen (secondary N) is 1. The van der Waals surface area contributed by atoms with E-state index < -0.39 is 46.8 Å². The monoisotopic (exact) mass is 710 g/mol. The first-order chi connectivity index (χ1) is 24.6. The molecule has 0 aromatic heterocycles. The zero-order valence-electron chi connectivity index (χ0n) is 28.2. The molecule has 1 amide bonds. The van der Waals surface area contributed by atoms with E-state index in [1.807, 2.05) is 54.6 Å². The van der Waals surface area contributed by atoms with Crippen molar-refractivity contribution in [2.75, 3.05) is 26.8 Å². The number of methoxy groups -OCH3 is 1. The molecule has 2 N–H and O–H groups in total. The molecule has 6 rings (SSSR count). The zero-order chi connectivity index (χ0) is 36.2. The van der Waals surface area contributed by atoms with Gasteiger partial charge < -0.3 is 24.6 Å². The Bertz CT molecular complexity index is 1830. The van der Waals surface area contributed by atoms with Gasteiger partial charge >= 0.3 is 0 Å². The number of likely N-dealkylation sites (tertiary alicyclic amines) is 1. The van der Waals surface area contributed by atoms with Crippen LogP contribution in [0.4, 0.5) is 22.0 Å². The molecule has 12 heteroatoms. The van der Waals surface area contributed by atoms with Crippen molar-refractivity contribution < 1.29 is 46.1 Å². The van der Waals surface area contributed by atoms with Crippen LogP contribution in [0.2, 0.25) is 0 Å². The van der Waals surface area contributed by atoms with E-state index in [1.54, 1.807) is 25.3 Å². The zero-order valence-corrected chi connectivity index (χ0v) is 28.2. The predicted molar refractivity (Wildman–Crippen MR) is 179 cm³/mol. The molecule has 0 bridgehead atoms. The second kappa shape index (κ2) is 16.0. The van der Waals surface area contributed by atoms with Crippen LogP contribution < -0.4 is 5.32 Å². The lowest BCUT2D eigenvalue weighted by Crippen LogP contribution is -2.46. The van der Waals surface area contributed by atoms with Crippen LogP contribution in [-0.4, -0.2) is 54.9 Å². The molecule has 0 unspecified atom stereocenters. The standard InChI is InChI=1S/C39H39F5N2O5/c1-22-30(19-46-15-5-10-29(46)21-49-2)50-39(51-37(22)25-13-11-23(20-47)12-14-25)28-9-4-8-27(17-28)26-7-3-6-24(16-26)18-45-38(48)31-32(40)34(42)36(44)35(43)33(31)41/h3-4,6-9,11-14,16-17,22,29-30,37,39,47H,5,10,15,18-21H2,1-2H3,(H,45,48)/t22-,29-,30+,37+,39+/m0/s1. The molecule has 0 radical (unpaired) electrons. The molecule has 0 saturated carbocycles. The molecule has 5 atom stereocenters. The number of hydrogen-bond acceptors (Lipinski definition) is 6. The van der Waals surface area contributed by atoms with Gasteiger partial charge in [0.25, 0.3) is 5.91 Å². The van der Waals surface area contributed by atoms with Crippen molar-refractivity contribution in [3.63, 3.8) is 0 Å². The highest BCUT2D eigenvalue weighted by atomic mass is 19.2. The third-order valence-electron chi connectivity index (χ3n) is 9.71. The first-order valence-corrected chi connectivity index (χ1v) is 16.8. The minimum absolute atomic E-state index is 0.00458. The Hall–Kier alpha value is -4.20. The van der Waals surface area contributed by atoms with Crippen molar-refractivity contribution in [3.8, 4) is 11.1 Å². The number of halogens is 5. The van der Waals surface area contributed by atoms with Crippen LogP contribution >= 0.6 is 0 Å². The topological polar surface area (TPSA) is 80.3 Å². The first kappa shape index (κ1) is 36.6. The number of hydrogen-bond donors (Lipinski definition) is 2. The van der Waals surface area contributed by atoms with Gasteiger partial charge in [0.15, 0.2) is 29.6 Å². The van der Waals surface area contributed by atoms with Crippen molar-refractivity contribution in [1.29, 1.82) is 0 Å². The highest BCUT2D eigenvalue weighted by molar-refractivity contribution is 5.94. The Morgan fingerprint density at radius 1 is 0.863 bits per heavy atom. The van der Waals surface area contributed by atoms with Gasteiger partial charge in [-0.3, -0.25) is 9.69 Å². The highest BCUT2D eigenvalue weighted by Crippen LogP contribution is 2.43. The van der Waals surface area contributed by atoms with E-state index in [9.17, 15) is 31.9 Å². The van der Waals surface area contributed by atoms with Crippen molar-refractivity contribution >= 4 is 5.91 Å². The van der Waals surface area contributed by atoms with Crippen LogP contribution in [0, 0.1) is 35.0 Å². The van der Waals surface area contributed by atoms with Crippen LogP contribution in [-0.2, 0) is 27.4 Å². The molecule has 2 heterocycles. The summed E-state index contributed by atoms with van der Waals surface area (Å²) in [7, 11) is 1.71. The first-order valence-electron chi connectivity index (χ1n) is 16.8. The minimum Gasteiger partial charge on any atom is -0.392 e. The lowest BCUT2D eigenvalue weighted by atomic mass is 9.89. The van der Waals surface area contributed by atoms with Crippen molar-refractivity contribution in [2.45, 2.75) is 57.5 Å². The van der Waals surface area contributed by atoms with Gasteiger partial charge in [0.05, 0.1) is 25.4 Å². The number of rotatable bonds is 11. The molecule has 0 aliphatic carbocycles. The number of ether oxygens (including phenoxy) is 3. The summed E-state index contributed by atoms with van der Waals surface area (Å²) in [5.74, 6) is -12.5. The molecular weight excluding hydrogens is 671 g/mol. The maximum Gasteiger partial charge on any atom is 0.257 e. The number of carbonyl (C=O) groups is 1. The van der Waals surface area contributed by atoms with Gasteiger partial charge in [-0.2, -0.15) is 0 Å². The highest BCUT2D eigenvalue weighted by Gasteiger charge is 2.40. The summed E-state index contributed by atoms with van der Waals surface area (Å²) in [5, 5.41) is 11.8. The fourth-order valence-electron chi connectivity index (χ4n) is 6.88. The van der Waals surface area contributed by atoms with Gasteiger partial charge in [0, 0.05) is 37.7 Å². The van der Waals surface area contributed by atoms with E-state index in [2.05, 4.69) is 17.1 Å². The smallest absolute Gasteiger partial charge is 0.257 e. The number of aliphatic hydroxyl groups is 1. The Morgan fingerprint density at radius 2 is 1.53 bits per heavy atom. The van der Waals surface area contributed by atoms with E-state index in [-0.39, 0.29) is 31.3 Å². The molecule has 270 valence electrons. The average molecular weight is 711 g/mol. The maximum absolute atomic E-state index is 14.2. The fourth-order valence-corrected chi connectivity index (χ4v) is 6.88. The number of nitrogens with zero attached hydrogens (tertiary/aromatic N) is 1. The summed E-state index contributed by atoms with van der Waals surface area (Å²) in [4.78, 5) is 14.9. The van der Waals surface area contributed by atoms with Gasteiger partial charge in [-0.05, 0) is 59.3 Å². The number of carbonyl (C=O) groups excluding carboxylic acids is 1. The molecule has 4 aromatic rings. The average Bonchev–Trinajstić information content (AvgIpc) is 3.59. The van der Waals surface area contributed by atoms with E-state index in [0.29, 0.717) is 24.8 Å². The molecule has 0 spiro atoms. The van der Waals surface area contributed by atoms with Crippen molar-refractivity contribution in [3.05, 3.63) is 130 Å². The molecule has 2 aliphatic heterocycles. The van der Waals surface area contributed by atoms with Crippen LogP contribution in [0.25, 0.3) is 11.1 Å². The molecule has 4 aromatic carbocycles. The molecule has 2 aliphatic rings. The molecule has 7 nitrogen and oxygen atoms in total. The van der Waals surface area contributed by atoms with Gasteiger partial charge in [0.1, 0.15) is 5.56 Å². The summed E-state index contributed by atoms with van der Waals surface area (Å²) >= 11 is 0. The molecular formula is C39H39F5N2O5. The van der Waals surface area contributed by atoms with Crippen molar-refractivity contribution in [1.82, 2.24) is 10.2 Å². The van der Waals surface area contributed by atoms with Gasteiger partial charge in [-0.1, -0.05) is 67.6 Å². The van der Waals surface area contributed by atoms with E-state index >= 15 is 0 Å². The van der Waals surface area contributed by atoms with Crippen LogP contribution in [0.5, 0.6) is 0 Å². The number of benzene rings is 4. The van der Waals surface area contributed by atoms with Crippen LogP contribution in [0.15, 0.2) is 72.8 Å². The Morgan fingerprint density at radius 3 is 2.22 bits per heavy atom. The van der Waals surface area contributed by atoms with Crippen molar-refractivity contribution in [2.24, 2.45) is 5.92 Å². The van der Waals surface area contributed by atoms with Gasteiger partial charge in [-0.25, -0.2) is 22.0 Å². The van der Waals surface area contributed by atoms with E-state index in [0.717, 1.165) is 47.2 Å². The Kier molecular flexibility index (Phi) is 11.5. The Labute approximate surface area is 292 Å². The lowest BCUT2D eigenvalue weighted by Gasteiger charge is -2.43. The molecule has 2 saturated heterocycles. The maximum atomic E-state index is 14.2. The molecule has 51 heavy (non-hydrogen) atoms. The fraction of sp³-hybridized carbons (Fsp3) is 0.359. The summed E-state index contributed by atoms with van der Waals surface area (Å²) in [6.45, 7) is 4.14. The summed E-state index contributed by atoms with van der Waals surface area (Å²) < 4.78 is 88.0. The molecule has 2 fully saturated rings. The lowest BCUT2D eigenvalue weighted by molar-refractivity contribution is -0.276.